The second-order valence-electron chi connectivity index (χ2n) is 39.6. The van der Waals surface area contributed by atoms with Gasteiger partial charge in [-0.05, 0) is 150 Å². The molecule has 2 saturated carbocycles. The third-order valence-electron chi connectivity index (χ3n) is 27.9. The Morgan fingerprint density at radius 2 is 1.36 bits per heavy atom. The highest BCUT2D eigenvalue weighted by Crippen LogP contribution is 2.65. The number of Topliss-reactive ketones (excluding diaryl/α,β-unsaturated/α-hetero) is 2. The second-order valence-corrected chi connectivity index (χ2v) is 44.9. The summed E-state index contributed by atoms with van der Waals surface area (Å²) in [6, 6.07) is 29.4. The van der Waals surface area contributed by atoms with Crippen LogP contribution in [0.2, 0.25) is 0 Å². The van der Waals surface area contributed by atoms with E-state index in [1.54, 1.807) is 158 Å². The van der Waals surface area contributed by atoms with E-state index in [0.29, 0.717) is 48.8 Å². The minimum atomic E-state index is -2.43. The molecule has 36 nitrogen and oxygen atoms in total. The number of fused-ring (bicyclic) bond motifs is 6. The van der Waals surface area contributed by atoms with Gasteiger partial charge in [-0.15, -0.1) is 0 Å². The number of alkyl carbamates (subject to hydrolysis) is 1. The zero-order chi connectivity index (χ0) is 106. The van der Waals surface area contributed by atoms with Crippen molar-refractivity contribution in [3.05, 3.63) is 196 Å². The quantitative estimate of drug-likeness (QED) is 0.00577. The molecule has 2 heterocycles. The minimum Gasteiger partial charge on any atom is -0.455 e. The van der Waals surface area contributed by atoms with Crippen molar-refractivity contribution < 1.29 is 125 Å². The Hall–Kier alpha value is -10.8. The van der Waals surface area contributed by atoms with Gasteiger partial charge < -0.3 is 111 Å². The number of hydrogen-bond donors (Lipinski definition) is 13. The molecule has 2 aliphatic heterocycles. The number of aliphatic hydroxyl groups excluding tert-OH is 3. The first kappa shape index (κ1) is 116. The van der Waals surface area contributed by atoms with Crippen LogP contribution in [0.3, 0.4) is 0 Å². The van der Waals surface area contributed by atoms with Crippen LogP contribution in [0.1, 0.15) is 185 Å². The van der Waals surface area contributed by atoms with Crippen molar-refractivity contribution in [1.29, 1.82) is 0 Å². The average Bonchev–Trinajstić information content (AvgIpc) is 0.698. The lowest BCUT2D eigenvalue weighted by molar-refractivity contribution is -0.347. The maximum atomic E-state index is 16.3. The largest absolute Gasteiger partial charge is 0.455 e. The number of aliphatic hydroxyl groups is 4. The highest BCUT2D eigenvalue weighted by molar-refractivity contribution is 8.77. The zero-order valence-electron chi connectivity index (χ0n) is 84.8. The van der Waals surface area contributed by atoms with Gasteiger partial charge in [-0.2, -0.15) is 0 Å². The van der Waals surface area contributed by atoms with Crippen LogP contribution in [-0.4, -0.2) is 286 Å². The van der Waals surface area contributed by atoms with E-state index >= 15 is 33.6 Å². The van der Waals surface area contributed by atoms with Gasteiger partial charge in [0.1, 0.15) is 71.9 Å². The summed E-state index contributed by atoms with van der Waals surface area (Å²) >= 11 is 0. The third kappa shape index (κ3) is 28.8. The smallest absolute Gasteiger partial charge is 0.410 e. The molecule has 21 atom stereocenters. The highest BCUT2D eigenvalue weighted by atomic mass is 33.1. The summed E-state index contributed by atoms with van der Waals surface area (Å²) in [5, 5.41) is 68.5. The molecule has 6 aliphatic rings. The zero-order valence-corrected chi connectivity index (χ0v) is 88.1. The number of unbranched alkanes of at least 4 members (excludes halogenated alkanes) is 2. The first-order chi connectivity index (χ1) is 69.5. The van der Waals surface area contributed by atoms with E-state index in [4.69, 9.17) is 43.6 Å². The van der Waals surface area contributed by atoms with Gasteiger partial charge >= 0.3 is 30.1 Å². The number of amides is 9. The van der Waals surface area contributed by atoms with Crippen molar-refractivity contribution in [3.8, 4) is 0 Å². The molecule has 0 aromatic heterocycles. The maximum absolute atomic E-state index is 16.3. The predicted octanol–water partition coefficient (Wildman–Crippen LogP) is 8.35. The van der Waals surface area contributed by atoms with E-state index in [1.165, 1.54) is 73.6 Å². The van der Waals surface area contributed by atoms with Crippen molar-refractivity contribution in [2.75, 3.05) is 70.1 Å². The van der Waals surface area contributed by atoms with Crippen molar-refractivity contribution in [3.63, 3.8) is 0 Å². The monoisotopic (exact) mass is 2100 g/mol. The number of benzene rings is 5. The maximum Gasteiger partial charge on any atom is 0.410 e. The molecule has 11 rings (SSSR count). The Labute approximate surface area is 867 Å². The number of hydrogen-bond acceptors (Lipinski definition) is 31. The van der Waals surface area contributed by atoms with Gasteiger partial charge in [0.2, 0.25) is 47.5 Å². The molecule has 2 unspecified atom stereocenters. The number of nitrogens with one attached hydrogen (secondary N) is 8. The Morgan fingerprint density at radius 3 is 1.98 bits per heavy atom. The number of esters is 3. The van der Waals surface area contributed by atoms with Crippen LogP contribution in [0, 0.1) is 22.7 Å². The van der Waals surface area contributed by atoms with Crippen molar-refractivity contribution in [2.24, 2.45) is 28.4 Å². The molecule has 2 saturated heterocycles. The van der Waals surface area contributed by atoms with E-state index < -0.39 is 239 Å². The van der Waals surface area contributed by atoms with Crippen molar-refractivity contribution >= 4 is 132 Å². The van der Waals surface area contributed by atoms with Gasteiger partial charge in [0.15, 0.2) is 17.2 Å². The first-order valence-corrected chi connectivity index (χ1v) is 54.5. The fourth-order valence-electron chi connectivity index (χ4n) is 20.0. The summed E-state index contributed by atoms with van der Waals surface area (Å²) < 4.78 is 50.7. The lowest BCUT2D eigenvalue weighted by Crippen LogP contribution is -2.82. The molecule has 4 fully saturated rings. The van der Waals surface area contributed by atoms with E-state index in [-0.39, 0.29) is 110 Å². The Balaban J connectivity index is 0.854. The molecule has 2 bridgehead atoms. The molecule has 5 aromatic carbocycles. The van der Waals surface area contributed by atoms with Crippen LogP contribution < -0.4 is 48.3 Å². The van der Waals surface area contributed by atoms with E-state index in [0.717, 1.165) is 32.7 Å². The SMILES string of the molecule is CCCCN(CCSSCCC(=O)N[C@H](Cc1ccccc1)C(=O)N[C@H]1CSSC[C@@H](C(=O)N[C@H](CO)[C@@H](C)O)NC(=O)[C@H]([C@@H](C)O)NC(=O)[C@H](CCCCN)NC(=O)[C@@H](CC2=CCc3ccccc32)NC(=O)[C@H](Cc2ccccc2)CC1=O)C(=O)OC(C(=O)OC1C[C@@]2(O)[C@@H](OC(=O)c3ccccc3)[C@@H]3[C@]4(OC(C)=O)CO[C@@H]4C[C@H](OC)[C@@]3(C)C(=O)[C@H](OC)C(=C1C)C2(C)C)[C@@H](NC(=O)OC(C)(C)C)c1ccccc1. The molecule has 794 valence electrons. The first-order valence-electron chi connectivity index (χ1n) is 49.5. The molecule has 0 radical (unpaired) electrons. The number of rotatable bonds is 39. The van der Waals surface area contributed by atoms with Crippen LogP contribution in [-0.2, 0) is 110 Å². The Kier molecular flexibility index (Phi) is 41.9. The van der Waals surface area contributed by atoms with Crippen molar-refractivity contribution in [1.82, 2.24) is 47.4 Å². The molecular formula is C106H140N10O26S4. The number of nitrogens with zero attached hydrogens (tertiary/aromatic N) is 1. The predicted molar refractivity (Wildman–Crippen MR) is 551 cm³/mol. The fraction of sp³-hybridized carbons (Fsp3) is 0.547. The molecule has 14 N–H and O–H groups in total. The Morgan fingerprint density at radius 1 is 0.719 bits per heavy atom. The van der Waals surface area contributed by atoms with Gasteiger partial charge in [-0.1, -0.05) is 210 Å². The summed E-state index contributed by atoms with van der Waals surface area (Å²) in [5.41, 5.74) is 1.55. The molecule has 5 aromatic rings. The molecule has 0 spiro atoms. The number of methoxy groups -OCH3 is 2. The number of allylic oxidation sites excluding steroid dienone is 1. The summed E-state index contributed by atoms with van der Waals surface area (Å²) in [6.45, 7) is 16.3. The number of ether oxygens (including phenoxy) is 8. The number of ketones is 2. The summed E-state index contributed by atoms with van der Waals surface area (Å²) in [6.07, 6.45) is -11.4. The van der Waals surface area contributed by atoms with Crippen molar-refractivity contribution in [2.45, 2.75) is 274 Å². The van der Waals surface area contributed by atoms with Gasteiger partial charge in [0, 0.05) is 107 Å². The summed E-state index contributed by atoms with van der Waals surface area (Å²) in [7, 11) is 7.20. The van der Waals surface area contributed by atoms with Crippen LogP contribution in [0.5, 0.6) is 0 Å². The third-order valence-corrected chi connectivity index (χ3v) is 32.7. The Bertz CT molecular complexity index is 5450. The molecule has 40 heteroatoms. The number of carbonyl (C=O) groups excluding carboxylic acids is 14. The minimum absolute atomic E-state index is 0.0215. The standard InChI is InChI=1S/C106H140N10O26S4/c1-14-15-47-116(101(133)139-88(86(68-37-24-18-25-38-68)115-100(132)142-102(6,7)8)99(131)138-80-56-106(134)91(140-98(130)69-39-26-19-27-40-69)89-104(11,90(123)87(136-13)84(61(80)2)103(106,9)10)81(135-12)55-82-105(89,60-137-82)141-64(5)120)48-50-144-143-49-45-83(122)108-74(52-66-34-22-17-23-35-66)94(126)112-77-58-145-146-59-78(96(128)111-76(57-117)62(3)118)113-97(129)85(63(4)119)114-93(125)73(42-30-31-46-107)109-95(127)75(53-70-44-43-67-36-28-29-41-72(67)70)110-92(124)71(54-79(77)121)51-65-32-20-16-21-33-65/h16-29,32-41,44,62-63,71,73-78,80-82,85-89,91,117-119,134H,14-15,30-31,42-43,45-60,107H2,1-13H3,(H,108,122)(H,109,127)(H,110,124)(H,111,128)(H,112,126)(H,113,129)(H,114,125)(H,115,132)/t62-,63-,71-,73+,74-,75-,76-,77+,78+,80?,81+,82-,85+,86+,87-,88?,89+,91+,104-,105+,106-/m1/s1. The van der Waals surface area contributed by atoms with Gasteiger partial charge in [-0.25, -0.2) is 19.2 Å². The molecular weight excluding hydrogens is 1960 g/mol. The number of carbonyl (C=O) groups is 14. The van der Waals surface area contributed by atoms with Gasteiger partial charge in [0.05, 0.1) is 60.5 Å². The molecule has 9 amide bonds. The summed E-state index contributed by atoms with van der Waals surface area (Å²) in [5.74, 6) is -13.0. The van der Waals surface area contributed by atoms with Crippen LogP contribution >= 0.6 is 43.2 Å². The van der Waals surface area contributed by atoms with Gasteiger partial charge in [-0.3, -0.25) is 47.9 Å². The lowest BCUT2D eigenvalue weighted by Gasteiger charge is -2.67. The topological polar surface area (TPSA) is 519 Å². The van der Waals surface area contributed by atoms with Crippen LogP contribution in [0.25, 0.3) is 5.57 Å². The van der Waals surface area contributed by atoms with Gasteiger partial charge in [0.25, 0.3) is 0 Å². The van der Waals surface area contributed by atoms with E-state index in [1.807, 2.05) is 37.3 Å². The molecule has 4 aliphatic carbocycles. The fourth-order valence-corrected chi connectivity index (χ4v) is 24.3. The number of nitrogens with two attached hydrogens (primary N) is 1. The lowest BCUT2D eigenvalue weighted by atomic mass is 9.44. The second kappa shape index (κ2) is 52.9. The van der Waals surface area contributed by atoms with E-state index in [9.17, 15) is 54.0 Å². The normalized spacial score (nSPS) is 26.2. The van der Waals surface area contributed by atoms with E-state index in [2.05, 4.69) is 42.5 Å². The van der Waals surface area contributed by atoms with Crippen LogP contribution in [0.15, 0.2) is 163 Å². The highest BCUT2D eigenvalue weighted by Gasteiger charge is 2.79. The van der Waals surface area contributed by atoms with Crippen LogP contribution in [0.4, 0.5) is 9.59 Å². The average molecular weight is 2100 g/mol. The summed E-state index contributed by atoms with van der Waals surface area (Å²) in [4.78, 5) is 212. The molecule has 146 heavy (non-hydrogen) atoms.